The molecule has 0 bridgehead atoms. The summed E-state index contributed by atoms with van der Waals surface area (Å²) in [5.41, 5.74) is 2.21. The van der Waals surface area contributed by atoms with Crippen molar-refractivity contribution in [2.75, 3.05) is 26.0 Å². The van der Waals surface area contributed by atoms with Gasteiger partial charge in [-0.2, -0.15) is 0 Å². The summed E-state index contributed by atoms with van der Waals surface area (Å²) < 4.78 is 5.89. The van der Waals surface area contributed by atoms with Gasteiger partial charge < -0.3 is 14.8 Å². The number of aromatic nitrogens is 3. The van der Waals surface area contributed by atoms with Gasteiger partial charge in [0.25, 0.3) is 5.91 Å². The number of hydrogen-bond acceptors (Lipinski definition) is 5. The third kappa shape index (κ3) is 3.15. The second-order valence-electron chi connectivity index (χ2n) is 5.33. The van der Waals surface area contributed by atoms with Crippen molar-refractivity contribution >= 4 is 34.0 Å². The van der Waals surface area contributed by atoms with Gasteiger partial charge in [-0.25, -0.2) is 0 Å². The summed E-state index contributed by atoms with van der Waals surface area (Å²) in [6, 6.07) is 7.98. The van der Waals surface area contributed by atoms with Crippen LogP contribution in [0, 0.1) is 0 Å². The Bertz CT molecular complexity index is 778. The Morgan fingerprint density at radius 2 is 2.23 bits per heavy atom. The fourth-order valence-corrected chi connectivity index (χ4v) is 2.66. The maximum absolute atomic E-state index is 12.0. The summed E-state index contributed by atoms with van der Waals surface area (Å²) in [5.74, 6) is -0.237. The standard InChI is InChI=1S/C15H17N5OS/c1-19(2)7-8-20-6-5-11-3-4-12(9-14(11)20)16-15(21)13-10-22-18-17-13/h3-6,9-10H,7-8H2,1-2H3,(H,16,21). The minimum absolute atomic E-state index is 0.237. The highest BCUT2D eigenvalue weighted by Gasteiger charge is 2.10. The van der Waals surface area contributed by atoms with E-state index in [1.807, 2.05) is 18.2 Å². The van der Waals surface area contributed by atoms with Crippen molar-refractivity contribution in [3.05, 3.63) is 41.5 Å². The normalized spacial score (nSPS) is 11.2. The summed E-state index contributed by atoms with van der Waals surface area (Å²) in [6.07, 6.45) is 2.07. The first-order valence-corrected chi connectivity index (χ1v) is 7.79. The SMILES string of the molecule is CN(C)CCn1ccc2ccc(NC(=O)c3csnn3)cc21. The average molecular weight is 315 g/mol. The molecule has 3 aromatic rings. The zero-order valence-corrected chi connectivity index (χ0v) is 13.3. The lowest BCUT2D eigenvalue weighted by Crippen LogP contribution is -2.18. The van der Waals surface area contributed by atoms with Gasteiger partial charge in [-0.1, -0.05) is 10.6 Å². The molecule has 2 heterocycles. The number of carbonyl (C=O) groups excluding carboxylic acids is 1. The molecular weight excluding hydrogens is 298 g/mol. The fraction of sp³-hybridized carbons (Fsp3) is 0.267. The van der Waals surface area contributed by atoms with Crippen LogP contribution in [0.15, 0.2) is 35.8 Å². The maximum Gasteiger partial charge on any atom is 0.277 e. The van der Waals surface area contributed by atoms with Gasteiger partial charge in [-0.05, 0) is 49.2 Å². The lowest BCUT2D eigenvalue weighted by molar-refractivity contribution is 0.102. The summed E-state index contributed by atoms with van der Waals surface area (Å²) in [5, 5.41) is 9.43. The first kappa shape index (κ1) is 14.7. The Kier molecular flexibility index (Phi) is 4.17. The Hall–Kier alpha value is -2.25. The quantitative estimate of drug-likeness (QED) is 0.785. The summed E-state index contributed by atoms with van der Waals surface area (Å²) in [6.45, 7) is 1.87. The Morgan fingerprint density at radius 1 is 1.36 bits per heavy atom. The molecule has 1 aromatic carbocycles. The molecule has 6 nitrogen and oxygen atoms in total. The number of hydrogen-bond donors (Lipinski definition) is 1. The van der Waals surface area contributed by atoms with Gasteiger partial charge in [-0.3, -0.25) is 4.79 Å². The van der Waals surface area contributed by atoms with E-state index in [0.717, 1.165) is 41.2 Å². The number of fused-ring (bicyclic) bond motifs is 1. The van der Waals surface area contributed by atoms with Crippen LogP contribution < -0.4 is 5.32 Å². The number of nitrogens with one attached hydrogen (secondary N) is 1. The zero-order valence-electron chi connectivity index (χ0n) is 12.5. The second kappa shape index (κ2) is 6.25. The first-order valence-electron chi connectivity index (χ1n) is 6.95. The molecule has 0 fully saturated rings. The Morgan fingerprint density at radius 3 is 2.95 bits per heavy atom. The lowest BCUT2D eigenvalue weighted by Gasteiger charge is -2.11. The molecule has 1 N–H and O–H groups in total. The van der Waals surface area contributed by atoms with E-state index in [4.69, 9.17) is 0 Å². The first-order chi connectivity index (χ1) is 10.6. The molecule has 114 valence electrons. The zero-order chi connectivity index (χ0) is 15.5. The average Bonchev–Trinajstić information content (AvgIpc) is 3.14. The number of nitrogens with zero attached hydrogens (tertiary/aromatic N) is 4. The Balaban J connectivity index is 1.82. The molecule has 0 aliphatic heterocycles. The van der Waals surface area contributed by atoms with E-state index in [9.17, 15) is 4.79 Å². The fourth-order valence-electron chi connectivity index (χ4n) is 2.22. The van der Waals surface area contributed by atoms with Crippen molar-refractivity contribution in [1.29, 1.82) is 0 Å². The van der Waals surface area contributed by atoms with Gasteiger partial charge in [0.2, 0.25) is 0 Å². The summed E-state index contributed by atoms with van der Waals surface area (Å²) in [4.78, 5) is 14.2. The van der Waals surface area contributed by atoms with E-state index in [-0.39, 0.29) is 5.91 Å². The van der Waals surface area contributed by atoms with Gasteiger partial charge in [0.15, 0.2) is 5.69 Å². The summed E-state index contributed by atoms with van der Waals surface area (Å²) in [7, 11) is 4.11. The summed E-state index contributed by atoms with van der Waals surface area (Å²) >= 11 is 1.16. The van der Waals surface area contributed by atoms with E-state index in [1.165, 1.54) is 0 Å². The predicted octanol–water partition coefficient (Wildman–Crippen LogP) is 2.31. The van der Waals surface area contributed by atoms with E-state index >= 15 is 0 Å². The molecule has 0 saturated heterocycles. The van der Waals surface area contributed by atoms with Gasteiger partial charge in [0.1, 0.15) is 0 Å². The van der Waals surface area contributed by atoms with Crippen LogP contribution >= 0.6 is 11.5 Å². The van der Waals surface area contributed by atoms with Gasteiger partial charge in [0, 0.05) is 30.4 Å². The molecule has 0 aliphatic carbocycles. The van der Waals surface area contributed by atoms with Crippen LogP contribution in [0.4, 0.5) is 5.69 Å². The van der Waals surface area contributed by atoms with Crippen molar-refractivity contribution in [3.63, 3.8) is 0 Å². The van der Waals surface area contributed by atoms with Crippen LogP contribution in [-0.4, -0.2) is 45.6 Å². The van der Waals surface area contributed by atoms with Crippen LogP contribution in [0.25, 0.3) is 10.9 Å². The molecule has 0 radical (unpaired) electrons. The molecule has 7 heteroatoms. The minimum atomic E-state index is -0.237. The Labute approximate surface area is 132 Å². The van der Waals surface area contributed by atoms with Crippen molar-refractivity contribution in [3.8, 4) is 0 Å². The second-order valence-corrected chi connectivity index (χ2v) is 5.94. The van der Waals surface area contributed by atoms with E-state index < -0.39 is 0 Å². The van der Waals surface area contributed by atoms with Crippen LogP contribution in [-0.2, 0) is 6.54 Å². The van der Waals surface area contributed by atoms with Crippen LogP contribution in [0.2, 0.25) is 0 Å². The third-order valence-corrected chi connectivity index (χ3v) is 3.92. The van der Waals surface area contributed by atoms with Crippen molar-refractivity contribution < 1.29 is 4.79 Å². The van der Waals surface area contributed by atoms with Gasteiger partial charge in [0.05, 0.1) is 5.52 Å². The number of rotatable bonds is 5. The molecule has 0 unspecified atom stereocenters. The molecule has 0 atom stereocenters. The van der Waals surface area contributed by atoms with Crippen molar-refractivity contribution in [2.45, 2.75) is 6.54 Å². The maximum atomic E-state index is 12.0. The van der Waals surface area contributed by atoms with Crippen LogP contribution in [0.3, 0.4) is 0 Å². The van der Waals surface area contributed by atoms with Gasteiger partial charge >= 0.3 is 0 Å². The molecule has 22 heavy (non-hydrogen) atoms. The van der Waals surface area contributed by atoms with E-state index in [2.05, 4.69) is 50.7 Å². The molecule has 2 aromatic heterocycles. The highest BCUT2D eigenvalue weighted by atomic mass is 32.1. The van der Waals surface area contributed by atoms with Gasteiger partial charge in [-0.15, -0.1) is 5.10 Å². The molecular formula is C15H17N5OS. The largest absolute Gasteiger partial charge is 0.346 e. The third-order valence-electron chi connectivity index (χ3n) is 3.41. The van der Waals surface area contributed by atoms with Crippen molar-refractivity contribution in [2.24, 2.45) is 0 Å². The molecule has 0 saturated carbocycles. The number of anilines is 1. The molecule has 1 amide bonds. The topological polar surface area (TPSA) is 63.0 Å². The van der Waals surface area contributed by atoms with Crippen LogP contribution in [0.1, 0.15) is 10.5 Å². The van der Waals surface area contributed by atoms with Crippen LogP contribution in [0.5, 0.6) is 0 Å². The molecule has 0 spiro atoms. The van der Waals surface area contributed by atoms with E-state index in [1.54, 1.807) is 5.38 Å². The number of likely N-dealkylation sites (N-methyl/N-ethyl adjacent to an activating group) is 1. The van der Waals surface area contributed by atoms with E-state index in [0.29, 0.717) is 5.69 Å². The van der Waals surface area contributed by atoms with Crippen molar-refractivity contribution in [1.82, 2.24) is 19.1 Å². The number of amides is 1. The number of carbonyl (C=O) groups is 1. The predicted molar refractivity (Wildman–Crippen MR) is 88.4 cm³/mol. The smallest absolute Gasteiger partial charge is 0.277 e. The molecule has 0 aliphatic rings. The highest BCUT2D eigenvalue weighted by Crippen LogP contribution is 2.21. The lowest BCUT2D eigenvalue weighted by atomic mass is 10.2. The number of benzene rings is 1. The molecule has 3 rings (SSSR count). The highest BCUT2D eigenvalue weighted by molar-refractivity contribution is 7.03. The minimum Gasteiger partial charge on any atom is -0.346 e. The monoisotopic (exact) mass is 315 g/mol.